The standard InChI is InChI=1S/C38H31N3O8S/c1-21-32(49-26-6-4-5-25(42)20-26)18-17-30-33(21)37(46)41(35(30)44)24-10-14-28(15-11-24)50(47,48)27-12-8-23(9-13-27)40-34(43)29-16-7-22(38(2,3)39)19-31(29)36(40)45/h4-21,33,42H,39H2,1-3H3/t21-,33?/m1/s1. The Morgan fingerprint density at radius 3 is 1.94 bits per heavy atom. The maximum absolute atomic E-state index is 13.6. The van der Waals surface area contributed by atoms with Crippen molar-refractivity contribution in [2.24, 2.45) is 17.6 Å². The lowest BCUT2D eigenvalue weighted by molar-refractivity contribution is -0.122. The number of nitrogens with zero attached hydrogens (tertiary/aromatic N) is 2. The van der Waals surface area contributed by atoms with E-state index in [0.717, 1.165) is 9.80 Å². The van der Waals surface area contributed by atoms with Crippen molar-refractivity contribution in [2.45, 2.75) is 36.1 Å². The second-order valence-electron chi connectivity index (χ2n) is 13.0. The Morgan fingerprint density at radius 2 is 1.34 bits per heavy atom. The first-order valence-corrected chi connectivity index (χ1v) is 17.2. The average Bonchev–Trinajstić information content (AvgIpc) is 3.49. The van der Waals surface area contributed by atoms with Gasteiger partial charge in [-0.15, -0.1) is 0 Å². The Balaban J connectivity index is 1.08. The van der Waals surface area contributed by atoms with Crippen LogP contribution < -0.4 is 20.3 Å². The summed E-state index contributed by atoms with van der Waals surface area (Å²) in [6.07, 6.45) is 3.17. The Kier molecular flexibility index (Phi) is 7.61. The van der Waals surface area contributed by atoms with E-state index in [-0.39, 0.29) is 38.0 Å². The SMILES string of the molecule is C[C@@H]1C(Oc2cccc(O)c2)=CC=C2C(=O)N(c3ccc(S(=O)(=O)c4ccc(N5C(=O)c6ccc(C(C)(C)N)cc6C5=O)cc4)cc3)C(=O)C21. The van der Waals surface area contributed by atoms with Gasteiger partial charge in [0.15, 0.2) is 0 Å². The molecule has 0 aromatic heterocycles. The van der Waals surface area contributed by atoms with Crippen LogP contribution in [0.1, 0.15) is 47.1 Å². The van der Waals surface area contributed by atoms with E-state index in [4.69, 9.17) is 10.5 Å². The summed E-state index contributed by atoms with van der Waals surface area (Å²) in [7, 11) is -4.06. The monoisotopic (exact) mass is 689 g/mol. The van der Waals surface area contributed by atoms with Gasteiger partial charge in [0.2, 0.25) is 15.7 Å². The van der Waals surface area contributed by atoms with Gasteiger partial charge in [-0.05, 0) is 104 Å². The zero-order valence-electron chi connectivity index (χ0n) is 27.2. The van der Waals surface area contributed by atoms with Crippen LogP contribution in [0.4, 0.5) is 11.4 Å². The number of ether oxygens (including phenoxy) is 1. The molecule has 2 atom stereocenters. The lowest BCUT2D eigenvalue weighted by atomic mass is 9.83. The highest BCUT2D eigenvalue weighted by Gasteiger charge is 2.49. The highest BCUT2D eigenvalue weighted by Crippen LogP contribution is 2.41. The fourth-order valence-electron chi connectivity index (χ4n) is 6.40. The van der Waals surface area contributed by atoms with E-state index in [1.807, 2.05) is 0 Å². The zero-order chi connectivity index (χ0) is 35.7. The molecule has 2 heterocycles. The molecule has 1 aliphatic carbocycles. The number of nitrogens with two attached hydrogens (primary N) is 1. The second kappa shape index (κ2) is 11.6. The third-order valence-electron chi connectivity index (χ3n) is 9.14. The number of sulfone groups is 1. The molecule has 11 nitrogen and oxygen atoms in total. The van der Waals surface area contributed by atoms with Gasteiger partial charge in [-0.25, -0.2) is 18.2 Å². The number of allylic oxidation sites excluding steroid dienone is 3. The number of rotatable bonds is 7. The number of phenols is 1. The molecule has 0 radical (unpaired) electrons. The number of carbonyl (C=O) groups excluding carboxylic acids is 4. The van der Waals surface area contributed by atoms with E-state index in [1.54, 1.807) is 63.3 Å². The lowest BCUT2D eigenvalue weighted by Crippen LogP contribution is -2.32. The largest absolute Gasteiger partial charge is 0.508 e. The van der Waals surface area contributed by atoms with E-state index in [2.05, 4.69) is 0 Å². The number of carbonyl (C=O) groups is 4. The number of hydrogen-bond donors (Lipinski definition) is 2. The summed E-state index contributed by atoms with van der Waals surface area (Å²) in [4.78, 5) is 55.2. The smallest absolute Gasteiger partial charge is 0.266 e. The average molecular weight is 690 g/mol. The summed E-state index contributed by atoms with van der Waals surface area (Å²) in [6, 6.07) is 21.9. The summed E-state index contributed by atoms with van der Waals surface area (Å²) in [5.74, 6) is -2.48. The molecule has 1 fully saturated rings. The van der Waals surface area contributed by atoms with Crippen molar-refractivity contribution in [1.29, 1.82) is 0 Å². The van der Waals surface area contributed by atoms with Gasteiger partial charge in [-0.1, -0.05) is 19.1 Å². The van der Waals surface area contributed by atoms with Gasteiger partial charge in [0.05, 0.1) is 38.2 Å². The maximum atomic E-state index is 13.6. The molecule has 4 aromatic carbocycles. The van der Waals surface area contributed by atoms with E-state index < -0.39 is 50.8 Å². The summed E-state index contributed by atoms with van der Waals surface area (Å²) in [5, 5.41) is 9.77. The van der Waals surface area contributed by atoms with Gasteiger partial charge >= 0.3 is 0 Å². The Morgan fingerprint density at radius 1 is 0.740 bits per heavy atom. The minimum Gasteiger partial charge on any atom is -0.508 e. The predicted molar refractivity (Wildman–Crippen MR) is 183 cm³/mol. The zero-order valence-corrected chi connectivity index (χ0v) is 28.0. The first-order valence-electron chi connectivity index (χ1n) is 15.7. The van der Waals surface area contributed by atoms with Gasteiger partial charge in [0, 0.05) is 23.1 Å². The number of fused-ring (bicyclic) bond motifs is 2. The van der Waals surface area contributed by atoms with Crippen LogP contribution in [0.25, 0.3) is 0 Å². The first-order chi connectivity index (χ1) is 23.7. The van der Waals surface area contributed by atoms with Crippen LogP contribution in [0, 0.1) is 11.8 Å². The fourth-order valence-corrected chi connectivity index (χ4v) is 7.66. The van der Waals surface area contributed by atoms with Crippen molar-refractivity contribution in [3.05, 3.63) is 131 Å². The molecular formula is C38H31N3O8S. The van der Waals surface area contributed by atoms with Crippen molar-refractivity contribution in [2.75, 3.05) is 9.80 Å². The highest BCUT2D eigenvalue weighted by molar-refractivity contribution is 7.91. The Bertz CT molecular complexity index is 2300. The van der Waals surface area contributed by atoms with Crippen molar-refractivity contribution in [1.82, 2.24) is 0 Å². The molecule has 1 saturated heterocycles. The maximum Gasteiger partial charge on any atom is 0.266 e. The van der Waals surface area contributed by atoms with E-state index in [1.165, 1.54) is 60.7 Å². The van der Waals surface area contributed by atoms with Crippen LogP contribution in [-0.2, 0) is 25.0 Å². The normalized spacial score (nSPS) is 19.0. The lowest BCUT2D eigenvalue weighted by Gasteiger charge is -2.24. The second-order valence-corrected chi connectivity index (χ2v) is 14.9. The molecule has 0 saturated carbocycles. The Hall–Kier alpha value is -5.85. The quantitative estimate of drug-likeness (QED) is 0.247. The first kappa shape index (κ1) is 32.7. The summed E-state index contributed by atoms with van der Waals surface area (Å²) in [5.41, 5.74) is 7.32. The molecule has 0 spiro atoms. The minimum absolute atomic E-state index is 0.0243. The van der Waals surface area contributed by atoms with Crippen LogP contribution in [0.2, 0.25) is 0 Å². The van der Waals surface area contributed by atoms with E-state index >= 15 is 0 Å². The number of anilines is 2. The van der Waals surface area contributed by atoms with Crippen molar-refractivity contribution < 1.29 is 37.4 Å². The summed E-state index contributed by atoms with van der Waals surface area (Å²) in [6.45, 7) is 5.36. The van der Waals surface area contributed by atoms with Gasteiger partial charge in [-0.2, -0.15) is 0 Å². The van der Waals surface area contributed by atoms with Crippen molar-refractivity contribution in [3.63, 3.8) is 0 Å². The van der Waals surface area contributed by atoms with Crippen LogP contribution >= 0.6 is 0 Å². The molecule has 0 bridgehead atoms. The molecule has 12 heteroatoms. The van der Waals surface area contributed by atoms with E-state index in [0.29, 0.717) is 22.6 Å². The van der Waals surface area contributed by atoms with Gasteiger partial charge in [0.1, 0.15) is 17.3 Å². The molecule has 3 N–H and O–H groups in total. The van der Waals surface area contributed by atoms with Crippen LogP contribution in [0.15, 0.2) is 124 Å². The topological polar surface area (TPSA) is 164 Å². The molecule has 2 aliphatic heterocycles. The predicted octanol–water partition coefficient (Wildman–Crippen LogP) is 5.25. The molecule has 1 unspecified atom stereocenters. The summed E-state index contributed by atoms with van der Waals surface area (Å²) >= 11 is 0. The molecular weight excluding hydrogens is 658 g/mol. The number of benzene rings is 4. The van der Waals surface area contributed by atoms with Gasteiger partial charge in [-0.3, -0.25) is 19.2 Å². The molecule has 4 aromatic rings. The third kappa shape index (κ3) is 5.29. The van der Waals surface area contributed by atoms with E-state index in [9.17, 15) is 32.7 Å². The number of hydrogen-bond acceptors (Lipinski definition) is 9. The number of imide groups is 2. The minimum atomic E-state index is -4.06. The molecule has 4 amide bonds. The Labute approximate surface area is 287 Å². The molecule has 252 valence electrons. The summed E-state index contributed by atoms with van der Waals surface area (Å²) < 4.78 is 33.1. The third-order valence-corrected chi connectivity index (χ3v) is 10.9. The molecule has 50 heavy (non-hydrogen) atoms. The number of amides is 4. The van der Waals surface area contributed by atoms with Crippen LogP contribution in [-0.4, -0.2) is 37.2 Å². The number of aromatic hydroxyl groups is 1. The van der Waals surface area contributed by atoms with Crippen LogP contribution in [0.5, 0.6) is 11.5 Å². The van der Waals surface area contributed by atoms with Crippen molar-refractivity contribution in [3.8, 4) is 11.5 Å². The van der Waals surface area contributed by atoms with Gasteiger partial charge in [0.25, 0.3) is 17.7 Å². The molecule has 3 aliphatic rings. The highest BCUT2D eigenvalue weighted by atomic mass is 32.2. The fraction of sp³-hybridized carbons (Fsp3) is 0.158. The van der Waals surface area contributed by atoms with Crippen molar-refractivity contribution >= 4 is 44.8 Å². The van der Waals surface area contributed by atoms with Gasteiger partial charge < -0.3 is 15.6 Å². The number of phenolic OH excluding ortho intramolecular Hbond substituents is 1. The van der Waals surface area contributed by atoms with Crippen LogP contribution in [0.3, 0.4) is 0 Å². The molecule has 7 rings (SSSR count).